The van der Waals surface area contributed by atoms with Crippen LogP contribution in [0.25, 0.3) is 0 Å². The number of nitrogens with zero attached hydrogens (tertiary/aromatic N) is 3. The van der Waals surface area contributed by atoms with Gasteiger partial charge in [-0.3, -0.25) is 9.78 Å². The van der Waals surface area contributed by atoms with Gasteiger partial charge < -0.3 is 15.1 Å². The number of benzene rings is 1. The highest BCUT2D eigenvalue weighted by molar-refractivity contribution is 6.35. The fourth-order valence-corrected chi connectivity index (χ4v) is 2.92. The molecule has 1 aromatic carbocycles. The van der Waals surface area contributed by atoms with Crippen molar-refractivity contribution in [1.82, 2.24) is 9.88 Å². The second-order valence-corrected chi connectivity index (χ2v) is 6.61. The number of rotatable bonds is 3. The topological polar surface area (TPSA) is 48.5 Å². The van der Waals surface area contributed by atoms with Crippen molar-refractivity contribution in [2.24, 2.45) is 0 Å². The van der Waals surface area contributed by atoms with Crippen LogP contribution in [0.2, 0.25) is 10.0 Å². The van der Waals surface area contributed by atoms with Crippen LogP contribution in [-0.4, -0.2) is 49.0 Å². The Kier molecular flexibility index (Phi) is 5.23. The summed E-state index contributed by atoms with van der Waals surface area (Å²) in [7, 11) is 2.11. The molecule has 0 radical (unpaired) electrons. The number of nitrogens with one attached hydrogen (secondary N) is 1. The number of aromatic nitrogens is 1. The van der Waals surface area contributed by atoms with Gasteiger partial charge in [0, 0.05) is 43.1 Å². The first-order valence-electron chi connectivity index (χ1n) is 7.69. The Bertz CT molecular complexity index is 745. The number of hydrogen-bond donors (Lipinski definition) is 1. The Labute approximate surface area is 151 Å². The zero-order valence-corrected chi connectivity index (χ0v) is 14.8. The van der Waals surface area contributed by atoms with Crippen LogP contribution in [0.5, 0.6) is 0 Å². The third-order valence-corrected chi connectivity index (χ3v) is 4.59. The number of anilines is 2. The number of likely N-dealkylation sites (N-methyl/N-ethyl adjacent to an activating group) is 1. The van der Waals surface area contributed by atoms with E-state index >= 15 is 0 Å². The standard InChI is InChI=1S/C17H18Cl2N4O/c1-22-6-8-23(9-7-22)13-4-5-20-16(11-13)17(24)21-15-10-12(18)2-3-14(15)19/h2-5,10-11H,6-9H2,1H3,(H,21,24). The second-order valence-electron chi connectivity index (χ2n) is 5.77. The van der Waals surface area contributed by atoms with Crippen molar-refractivity contribution in [3.63, 3.8) is 0 Å². The summed E-state index contributed by atoms with van der Waals surface area (Å²) in [4.78, 5) is 21.2. The molecule has 7 heteroatoms. The molecular formula is C17H18Cl2N4O. The van der Waals surface area contributed by atoms with Gasteiger partial charge in [-0.25, -0.2) is 0 Å². The average molecular weight is 365 g/mol. The molecule has 2 heterocycles. The molecule has 0 bridgehead atoms. The van der Waals surface area contributed by atoms with Crippen LogP contribution >= 0.6 is 23.2 Å². The lowest BCUT2D eigenvalue weighted by Crippen LogP contribution is -2.44. The van der Waals surface area contributed by atoms with Gasteiger partial charge >= 0.3 is 0 Å². The lowest BCUT2D eigenvalue weighted by molar-refractivity contribution is 0.102. The Morgan fingerprint density at radius 2 is 1.88 bits per heavy atom. The Morgan fingerprint density at radius 3 is 2.62 bits per heavy atom. The number of carbonyl (C=O) groups is 1. The zero-order valence-electron chi connectivity index (χ0n) is 13.3. The molecule has 5 nitrogen and oxygen atoms in total. The van der Waals surface area contributed by atoms with Crippen molar-refractivity contribution in [2.75, 3.05) is 43.4 Å². The highest BCUT2D eigenvalue weighted by Gasteiger charge is 2.17. The molecule has 1 aliphatic rings. The summed E-state index contributed by atoms with van der Waals surface area (Å²) in [5.41, 5.74) is 1.82. The van der Waals surface area contributed by atoms with Crippen LogP contribution in [0.4, 0.5) is 11.4 Å². The van der Waals surface area contributed by atoms with Crippen molar-refractivity contribution in [3.05, 3.63) is 52.3 Å². The highest BCUT2D eigenvalue weighted by atomic mass is 35.5. The van der Waals surface area contributed by atoms with Crippen molar-refractivity contribution in [2.45, 2.75) is 0 Å². The van der Waals surface area contributed by atoms with E-state index in [-0.39, 0.29) is 5.91 Å². The van der Waals surface area contributed by atoms with Gasteiger partial charge in [0.15, 0.2) is 0 Å². The molecule has 1 saturated heterocycles. The number of halogens is 2. The van der Waals surface area contributed by atoms with Crippen LogP contribution in [0.3, 0.4) is 0 Å². The molecule has 0 aliphatic carbocycles. The zero-order chi connectivity index (χ0) is 17.1. The van der Waals surface area contributed by atoms with Crippen molar-refractivity contribution < 1.29 is 4.79 Å². The summed E-state index contributed by atoms with van der Waals surface area (Å²) in [5.74, 6) is -0.310. The maximum absolute atomic E-state index is 12.5. The first-order chi connectivity index (χ1) is 11.5. The quantitative estimate of drug-likeness (QED) is 0.906. The highest BCUT2D eigenvalue weighted by Crippen LogP contribution is 2.26. The molecule has 0 atom stereocenters. The molecule has 1 N–H and O–H groups in total. The van der Waals surface area contributed by atoms with E-state index in [1.165, 1.54) is 0 Å². The number of piperazine rings is 1. The average Bonchev–Trinajstić information content (AvgIpc) is 2.59. The van der Waals surface area contributed by atoms with Crippen LogP contribution in [0, 0.1) is 0 Å². The maximum Gasteiger partial charge on any atom is 0.274 e. The van der Waals surface area contributed by atoms with Crippen LogP contribution in [-0.2, 0) is 0 Å². The van der Waals surface area contributed by atoms with Gasteiger partial charge in [0.25, 0.3) is 5.91 Å². The summed E-state index contributed by atoms with van der Waals surface area (Å²) in [6.07, 6.45) is 1.65. The number of hydrogen-bond acceptors (Lipinski definition) is 4. The number of pyridine rings is 1. The monoisotopic (exact) mass is 364 g/mol. The van der Waals surface area contributed by atoms with Gasteiger partial charge in [-0.1, -0.05) is 23.2 Å². The van der Waals surface area contributed by atoms with E-state index in [1.54, 1.807) is 30.5 Å². The van der Waals surface area contributed by atoms with E-state index in [4.69, 9.17) is 23.2 Å². The number of carbonyl (C=O) groups excluding carboxylic acids is 1. The SMILES string of the molecule is CN1CCN(c2ccnc(C(=O)Nc3cc(Cl)ccc3Cl)c2)CC1. The Morgan fingerprint density at radius 1 is 1.12 bits per heavy atom. The van der Waals surface area contributed by atoms with E-state index in [2.05, 4.69) is 27.1 Å². The minimum atomic E-state index is -0.310. The third kappa shape index (κ3) is 3.98. The Balaban J connectivity index is 1.76. The van der Waals surface area contributed by atoms with E-state index in [9.17, 15) is 4.79 Å². The van der Waals surface area contributed by atoms with Gasteiger partial charge in [0.05, 0.1) is 10.7 Å². The van der Waals surface area contributed by atoms with E-state index in [1.807, 2.05) is 6.07 Å². The summed E-state index contributed by atoms with van der Waals surface area (Å²) in [6, 6.07) is 8.67. The van der Waals surface area contributed by atoms with Gasteiger partial charge in [-0.2, -0.15) is 0 Å². The molecule has 1 fully saturated rings. The molecule has 0 unspecified atom stereocenters. The molecule has 1 amide bonds. The van der Waals surface area contributed by atoms with Gasteiger partial charge in [-0.15, -0.1) is 0 Å². The molecular weight excluding hydrogens is 347 g/mol. The summed E-state index contributed by atoms with van der Waals surface area (Å²) in [6.45, 7) is 3.87. The molecule has 0 spiro atoms. The maximum atomic E-state index is 12.5. The molecule has 1 aliphatic heterocycles. The molecule has 3 rings (SSSR count). The molecule has 0 saturated carbocycles. The first kappa shape index (κ1) is 17.0. The van der Waals surface area contributed by atoms with Crippen LogP contribution in [0.15, 0.2) is 36.5 Å². The van der Waals surface area contributed by atoms with E-state index < -0.39 is 0 Å². The lowest BCUT2D eigenvalue weighted by atomic mass is 10.2. The molecule has 126 valence electrons. The number of amides is 1. The minimum Gasteiger partial charge on any atom is -0.369 e. The summed E-state index contributed by atoms with van der Waals surface area (Å²) in [5, 5.41) is 3.70. The van der Waals surface area contributed by atoms with E-state index in [0.717, 1.165) is 31.9 Å². The van der Waals surface area contributed by atoms with Gasteiger partial charge in [0.2, 0.25) is 0 Å². The largest absolute Gasteiger partial charge is 0.369 e. The lowest BCUT2D eigenvalue weighted by Gasteiger charge is -2.34. The normalized spacial score (nSPS) is 15.4. The molecule has 2 aromatic rings. The fraction of sp³-hybridized carbons (Fsp3) is 0.294. The predicted octanol–water partition coefficient (Wildman–Crippen LogP) is 3.39. The van der Waals surface area contributed by atoms with Gasteiger partial charge in [-0.05, 0) is 37.4 Å². The molecule has 1 aromatic heterocycles. The minimum absolute atomic E-state index is 0.310. The second kappa shape index (κ2) is 7.38. The van der Waals surface area contributed by atoms with Gasteiger partial charge in [0.1, 0.15) is 5.69 Å². The summed E-state index contributed by atoms with van der Waals surface area (Å²) >= 11 is 12.0. The van der Waals surface area contributed by atoms with Crippen molar-refractivity contribution in [1.29, 1.82) is 0 Å². The van der Waals surface area contributed by atoms with Crippen LogP contribution in [0.1, 0.15) is 10.5 Å². The smallest absolute Gasteiger partial charge is 0.274 e. The van der Waals surface area contributed by atoms with Crippen molar-refractivity contribution in [3.8, 4) is 0 Å². The first-order valence-corrected chi connectivity index (χ1v) is 8.44. The summed E-state index contributed by atoms with van der Waals surface area (Å²) < 4.78 is 0. The van der Waals surface area contributed by atoms with E-state index in [0.29, 0.717) is 21.4 Å². The Hall–Kier alpha value is -1.82. The fourth-order valence-electron chi connectivity index (χ4n) is 2.58. The molecule has 24 heavy (non-hydrogen) atoms. The third-order valence-electron chi connectivity index (χ3n) is 4.02. The van der Waals surface area contributed by atoms with Crippen LogP contribution < -0.4 is 10.2 Å². The van der Waals surface area contributed by atoms with Crippen molar-refractivity contribution >= 4 is 40.5 Å². The predicted molar refractivity (Wildman–Crippen MR) is 98.4 cm³/mol.